The predicted molar refractivity (Wildman–Crippen MR) is 79.9 cm³/mol. The molecular formula is C14H17FN2O4S. The van der Waals surface area contributed by atoms with Crippen molar-refractivity contribution in [1.82, 2.24) is 10.6 Å². The van der Waals surface area contributed by atoms with Crippen LogP contribution in [0.4, 0.5) is 9.18 Å². The molecule has 1 rings (SSSR count). The molecule has 1 aromatic carbocycles. The highest BCUT2D eigenvalue weighted by atomic mass is 32.2. The van der Waals surface area contributed by atoms with Crippen LogP contribution in [0, 0.1) is 5.82 Å². The highest BCUT2D eigenvalue weighted by Gasteiger charge is 2.10. The number of hydrogen-bond donors (Lipinski definition) is 2. The van der Waals surface area contributed by atoms with Gasteiger partial charge in [-0.2, -0.15) is 0 Å². The molecule has 3 amide bonds. The maximum Gasteiger partial charge on any atom is 0.321 e. The Kier molecular flexibility index (Phi) is 7.98. The standard InChI is InChI=1S/C14H17FN2O4S/c1-2-16-14(20)17-12(18)9-21-13(19)7-8-22-11-5-3-10(15)4-6-11/h3-6H,2,7-9H2,1H3,(H2,16,17,18,20). The third-order valence-electron chi connectivity index (χ3n) is 2.34. The molecule has 0 saturated heterocycles. The van der Waals surface area contributed by atoms with Gasteiger partial charge in [-0.25, -0.2) is 9.18 Å². The van der Waals surface area contributed by atoms with Crippen molar-refractivity contribution in [2.75, 3.05) is 18.9 Å². The van der Waals surface area contributed by atoms with E-state index in [1.54, 1.807) is 19.1 Å². The SMILES string of the molecule is CCNC(=O)NC(=O)COC(=O)CCSc1ccc(F)cc1. The number of benzene rings is 1. The molecule has 0 bridgehead atoms. The van der Waals surface area contributed by atoms with E-state index in [0.717, 1.165) is 4.90 Å². The van der Waals surface area contributed by atoms with Crippen molar-refractivity contribution in [3.63, 3.8) is 0 Å². The van der Waals surface area contributed by atoms with Crippen LogP contribution in [0.2, 0.25) is 0 Å². The van der Waals surface area contributed by atoms with Crippen LogP contribution in [-0.2, 0) is 14.3 Å². The lowest BCUT2D eigenvalue weighted by Gasteiger charge is -2.06. The molecule has 0 fully saturated rings. The fourth-order valence-electron chi connectivity index (χ4n) is 1.37. The van der Waals surface area contributed by atoms with Crippen molar-refractivity contribution < 1.29 is 23.5 Å². The summed E-state index contributed by atoms with van der Waals surface area (Å²) in [6, 6.07) is 5.28. The number of amides is 3. The molecule has 8 heteroatoms. The average Bonchev–Trinajstić information content (AvgIpc) is 2.47. The quantitative estimate of drug-likeness (QED) is 0.588. The number of rotatable bonds is 7. The van der Waals surface area contributed by atoms with E-state index in [1.807, 2.05) is 5.32 Å². The Labute approximate surface area is 131 Å². The molecule has 120 valence electrons. The smallest absolute Gasteiger partial charge is 0.321 e. The molecule has 0 spiro atoms. The maximum absolute atomic E-state index is 12.7. The summed E-state index contributed by atoms with van der Waals surface area (Å²) in [7, 11) is 0. The van der Waals surface area contributed by atoms with Crippen molar-refractivity contribution in [3.8, 4) is 0 Å². The maximum atomic E-state index is 12.7. The van der Waals surface area contributed by atoms with Gasteiger partial charge in [0.2, 0.25) is 0 Å². The van der Waals surface area contributed by atoms with Crippen molar-refractivity contribution >= 4 is 29.7 Å². The van der Waals surface area contributed by atoms with Gasteiger partial charge in [0.1, 0.15) is 5.82 Å². The van der Waals surface area contributed by atoms with Gasteiger partial charge in [-0.05, 0) is 31.2 Å². The second kappa shape index (κ2) is 9.78. The first-order valence-electron chi connectivity index (χ1n) is 6.63. The third kappa shape index (κ3) is 7.63. The van der Waals surface area contributed by atoms with Gasteiger partial charge in [0.05, 0.1) is 6.42 Å². The summed E-state index contributed by atoms with van der Waals surface area (Å²) in [5.74, 6) is -1.10. The Morgan fingerprint density at radius 1 is 1.23 bits per heavy atom. The number of nitrogens with one attached hydrogen (secondary N) is 2. The summed E-state index contributed by atoms with van der Waals surface area (Å²) in [6.07, 6.45) is 0.108. The van der Waals surface area contributed by atoms with Gasteiger partial charge in [0.15, 0.2) is 6.61 Å². The van der Waals surface area contributed by atoms with Crippen molar-refractivity contribution in [1.29, 1.82) is 0 Å². The van der Waals surface area contributed by atoms with Crippen molar-refractivity contribution in [2.45, 2.75) is 18.2 Å². The summed E-state index contributed by atoms with van der Waals surface area (Å²) in [5, 5.41) is 4.40. The van der Waals surface area contributed by atoms with E-state index in [2.05, 4.69) is 5.32 Å². The monoisotopic (exact) mass is 328 g/mol. The number of imide groups is 1. The molecule has 0 radical (unpaired) electrons. The minimum Gasteiger partial charge on any atom is -0.456 e. The summed E-state index contributed by atoms with van der Waals surface area (Å²) < 4.78 is 17.4. The van der Waals surface area contributed by atoms with Crippen LogP contribution in [0.25, 0.3) is 0 Å². The fourth-order valence-corrected chi connectivity index (χ4v) is 2.20. The minimum absolute atomic E-state index is 0.108. The zero-order valence-electron chi connectivity index (χ0n) is 12.1. The van der Waals surface area contributed by atoms with E-state index < -0.39 is 24.5 Å². The van der Waals surface area contributed by atoms with E-state index in [1.165, 1.54) is 23.9 Å². The van der Waals surface area contributed by atoms with Crippen LogP contribution < -0.4 is 10.6 Å². The number of carbonyl (C=O) groups excluding carboxylic acids is 3. The summed E-state index contributed by atoms with van der Waals surface area (Å²) in [4.78, 5) is 34.6. The van der Waals surface area contributed by atoms with Crippen LogP contribution >= 0.6 is 11.8 Å². The second-order valence-corrected chi connectivity index (χ2v) is 5.29. The van der Waals surface area contributed by atoms with Gasteiger partial charge in [-0.3, -0.25) is 14.9 Å². The molecule has 0 aliphatic heterocycles. The van der Waals surface area contributed by atoms with Crippen LogP contribution in [0.3, 0.4) is 0 Å². The molecule has 0 heterocycles. The van der Waals surface area contributed by atoms with Crippen LogP contribution in [0.15, 0.2) is 29.2 Å². The number of urea groups is 1. The Bertz CT molecular complexity index is 522. The zero-order valence-corrected chi connectivity index (χ0v) is 12.9. The first-order chi connectivity index (χ1) is 10.5. The van der Waals surface area contributed by atoms with Crippen molar-refractivity contribution in [3.05, 3.63) is 30.1 Å². The second-order valence-electron chi connectivity index (χ2n) is 4.12. The molecule has 22 heavy (non-hydrogen) atoms. The Morgan fingerprint density at radius 2 is 1.91 bits per heavy atom. The molecular weight excluding hydrogens is 311 g/mol. The number of carbonyl (C=O) groups is 3. The highest BCUT2D eigenvalue weighted by Crippen LogP contribution is 2.18. The molecule has 1 aromatic rings. The average molecular weight is 328 g/mol. The Morgan fingerprint density at radius 3 is 2.55 bits per heavy atom. The fraction of sp³-hybridized carbons (Fsp3) is 0.357. The largest absolute Gasteiger partial charge is 0.456 e. The van der Waals surface area contributed by atoms with E-state index in [9.17, 15) is 18.8 Å². The number of ether oxygens (including phenoxy) is 1. The lowest BCUT2D eigenvalue weighted by molar-refractivity contribution is -0.147. The number of esters is 1. The van der Waals surface area contributed by atoms with E-state index >= 15 is 0 Å². The molecule has 6 nitrogen and oxygen atoms in total. The molecule has 0 aromatic heterocycles. The molecule has 0 aliphatic carbocycles. The topological polar surface area (TPSA) is 84.5 Å². The lowest BCUT2D eigenvalue weighted by Crippen LogP contribution is -2.41. The predicted octanol–water partition coefficient (Wildman–Crippen LogP) is 1.70. The first-order valence-corrected chi connectivity index (χ1v) is 7.61. The summed E-state index contributed by atoms with van der Waals surface area (Å²) >= 11 is 1.38. The van der Waals surface area contributed by atoms with Crippen molar-refractivity contribution in [2.24, 2.45) is 0 Å². The molecule has 2 N–H and O–H groups in total. The van der Waals surface area contributed by atoms with Crippen LogP contribution in [0.5, 0.6) is 0 Å². The number of halogens is 1. The lowest BCUT2D eigenvalue weighted by atomic mass is 10.4. The zero-order chi connectivity index (χ0) is 16.4. The summed E-state index contributed by atoms with van der Waals surface area (Å²) in [5.41, 5.74) is 0. The van der Waals surface area contributed by atoms with Crippen LogP contribution in [-0.4, -0.2) is 36.8 Å². The number of thioether (sulfide) groups is 1. The van der Waals surface area contributed by atoms with Gasteiger partial charge in [-0.15, -0.1) is 11.8 Å². The van der Waals surface area contributed by atoms with Gasteiger partial charge >= 0.3 is 12.0 Å². The first kappa shape index (κ1) is 18.0. The van der Waals surface area contributed by atoms with Gasteiger partial charge in [0.25, 0.3) is 5.91 Å². The molecule has 0 atom stereocenters. The van der Waals surface area contributed by atoms with Crippen LogP contribution in [0.1, 0.15) is 13.3 Å². The molecule has 0 saturated carbocycles. The molecule has 0 unspecified atom stereocenters. The number of hydrogen-bond acceptors (Lipinski definition) is 5. The molecule has 0 aliphatic rings. The van der Waals surface area contributed by atoms with E-state index in [0.29, 0.717) is 12.3 Å². The Balaban J connectivity index is 2.16. The van der Waals surface area contributed by atoms with Gasteiger partial charge in [-0.1, -0.05) is 0 Å². The third-order valence-corrected chi connectivity index (χ3v) is 3.36. The minimum atomic E-state index is -0.689. The summed E-state index contributed by atoms with van der Waals surface area (Å²) in [6.45, 7) is 1.60. The van der Waals surface area contributed by atoms with E-state index in [-0.39, 0.29) is 12.2 Å². The van der Waals surface area contributed by atoms with E-state index in [4.69, 9.17) is 4.74 Å². The highest BCUT2D eigenvalue weighted by molar-refractivity contribution is 7.99. The van der Waals surface area contributed by atoms with Gasteiger partial charge < -0.3 is 10.1 Å². The normalized spacial score (nSPS) is 9.91. The van der Waals surface area contributed by atoms with Gasteiger partial charge in [0, 0.05) is 17.2 Å². The Hall–Kier alpha value is -2.09.